The summed E-state index contributed by atoms with van der Waals surface area (Å²) < 4.78 is 11.5. The Labute approximate surface area is 210 Å². The molecule has 1 aliphatic heterocycles. The smallest absolute Gasteiger partial charge is 0.301 e. The number of amides is 1. The Kier molecular flexibility index (Phi) is 6.07. The van der Waals surface area contributed by atoms with Crippen LogP contribution < -0.4 is 14.4 Å². The van der Waals surface area contributed by atoms with Gasteiger partial charge in [0.25, 0.3) is 5.78 Å². The minimum absolute atomic E-state index is 0.0364. The molecule has 9 heteroatoms. The van der Waals surface area contributed by atoms with E-state index < -0.39 is 17.7 Å². The SMILES string of the molecule is CCOc1ccc(C(O)=C2C(=O)C(=O)N(c3nc4ccc(OC)cc4s3)C2c2ccc(O)cc2)cc1. The highest BCUT2D eigenvalue weighted by molar-refractivity contribution is 7.22. The van der Waals surface area contributed by atoms with E-state index in [0.29, 0.717) is 39.9 Å². The van der Waals surface area contributed by atoms with Crippen LogP contribution in [-0.2, 0) is 9.59 Å². The van der Waals surface area contributed by atoms with Gasteiger partial charge in [0, 0.05) is 5.56 Å². The van der Waals surface area contributed by atoms with E-state index in [2.05, 4.69) is 4.98 Å². The zero-order valence-corrected chi connectivity index (χ0v) is 20.3. The van der Waals surface area contributed by atoms with Crippen molar-refractivity contribution >= 4 is 44.1 Å². The largest absolute Gasteiger partial charge is 0.508 e. The summed E-state index contributed by atoms with van der Waals surface area (Å²) in [6.45, 7) is 2.36. The first kappa shape index (κ1) is 23.4. The van der Waals surface area contributed by atoms with Crippen molar-refractivity contribution in [2.24, 2.45) is 0 Å². The lowest BCUT2D eigenvalue weighted by Gasteiger charge is -2.23. The minimum Gasteiger partial charge on any atom is -0.508 e. The average molecular weight is 503 g/mol. The second-order valence-electron chi connectivity index (χ2n) is 8.05. The Morgan fingerprint density at radius 3 is 2.39 bits per heavy atom. The normalized spacial score (nSPS) is 17.1. The summed E-state index contributed by atoms with van der Waals surface area (Å²) >= 11 is 1.24. The maximum absolute atomic E-state index is 13.3. The lowest BCUT2D eigenvalue weighted by Crippen LogP contribution is -2.29. The Hall–Kier alpha value is -4.37. The van der Waals surface area contributed by atoms with E-state index >= 15 is 0 Å². The van der Waals surface area contributed by atoms with E-state index in [4.69, 9.17) is 9.47 Å². The Morgan fingerprint density at radius 2 is 1.72 bits per heavy atom. The Balaban J connectivity index is 1.67. The monoisotopic (exact) mass is 502 g/mol. The molecule has 1 unspecified atom stereocenters. The third kappa shape index (κ3) is 4.03. The number of phenols is 1. The molecule has 1 aromatic heterocycles. The molecule has 0 bridgehead atoms. The van der Waals surface area contributed by atoms with Gasteiger partial charge in [0.05, 0.1) is 35.5 Å². The molecular formula is C27H22N2O6S. The number of ketones is 1. The van der Waals surface area contributed by atoms with Gasteiger partial charge in [-0.15, -0.1) is 0 Å². The fourth-order valence-electron chi connectivity index (χ4n) is 4.16. The molecule has 182 valence electrons. The molecule has 8 nitrogen and oxygen atoms in total. The summed E-state index contributed by atoms with van der Waals surface area (Å²) in [4.78, 5) is 32.5. The van der Waals surface area contributed by atoms with Crippen LogP contribution in [0.15, 0.2) is 72.3 Å². The third-order valence-corrected chi connectivity index (χ3v) is 6.90. The molecular weight excluding hydrogens is 480 g/mol. The summed E-state index contributed by atoms with van der Waals surface area (Å²) in [7, 11) is 1.56. The van der Waals surface area contributed by atoms with Crippen LogP contribution in [0.25, 0.3) is 16.0 Å². The number of aliphatic hydroxyl groups excluding tert-OH is 1. The second-order valence-corrected chi connectivity index (χ2v) is 9.06. The van der Waals surface area contributed by atoms with E-state index in [1.165, 1.54) is 28.4 Å². The van der Waals surface area contributed by atoms with Gasteiger partial charge in [-0.05, 0) is 67.1 Å². The molecule has 2 heterocycles. The van der Waals surface area contributed by atoms with Gasteiger partial charge in [0.15, 0.2) is 5.13 Å². The number of aromatic hydroxyl groups is 1. The Morgan fingerprint density at radius 1 is 1.03 bits per heavy atom. The molecule has 0 aliphatic carbocycles. The van der Waals surface area contributed by atoms with Crippen molar-refractivity contribution in [1.82, 2.24) is 4.98 Å². The van der Waals surface area contributed by atoms with E-state index in [0.717, 1.165) is 4.70 Å². The number of methoxy groups -OCH3 is 1. The van der Waals surface area contributed by atoms with Gasteiger partial charge in [-0.25, -0.2) is 4.98 Å². The van der Waals surface area contributed by atoms with Crippen LogP contribution in [0.3, 0.4) is 0 Å². The van der Waals surface area contributed by atoms with E-state index in [9.17, 15) is 19.8 Å². The predicted molar refractivity (Wildman–Crippen MR) is 137 cm³/mol. The van der Waals surface area contributed by atoms with Crippen LogP contribution in [0.2, 0.25) is 0 Å². The molecule has 1 fully saturated rings. The number of Topliss-reactive ketones (excluding diaryl/α,β-unsaturated/α-hetero) is 1. The summed E-state index contributed by atoms with van der Waals surface area (Å²) in [5.41, 5.74) is 1.49. The molecule has 0 radical (unpaired) electrons. The molecule has 1 aliphatic rings. The molecule has 2 N–H and O–H groups in total. The van der Waals surface area contributed by atoms with Crippen molar-refractivity contribution in [1.29, 1.82) is 0 Å². The number of carbonyl (C=O) groups excluding carboxylic acids is 2. The molecule has 1 atom stereocenters. The number of carbonyl (C=O) groups is 2. The minimum atomic E-state index is -0.945. The van der Waals surface area contributed by atoms with Crippen molar-refractivity contribution in [2.75, 3.05) is 18.6 Å². The molecule has 0 saturated carbocycles. The number of rotatable bonds is 6. The zero-order chi connectivity index (χ0) is 25.4. The van der Waals surface area contributed by atoms with Crippen molar-refractivity contribution in [3.63, 3.8) is 0 Å². The number of anilines is 1. The van der Waals surface area contributed by atoms with Gasteiger partial charge in [0.2, 0.25) is 0 Å². The van der Waals surface area contributed by atoms with Gasteiger partial charge in [-0.3, -0.25) is 14.5 Å². The number of hydrogen-bond donors (Lipinski definition) is 2. The van der Waals surface area contributed by atoms with Gasteiger partial charge in [-0.2, -0.15) is 0 Å². The topological polar surface area (TPSA) is 109 Å². The van der Waals surface area contributed by atoms with Crippen LogP contribution in [-0.4, -0.2) is 40.6 Å². The number of nitrogens with zero attached hydrogens (tertiary/aromatic N) is 2. The van der Waals surface area contributed by atoms with Crippen molar-refractivity contribution < 1.29 is 29.3 Å². The van der Waals surface area contributed by atoms with Crippen LogP contribution >= 0.6 is 11.3 Å². The van der Waals surface area contributed by atoms with Crippen molar-refractivity contribution in [3.8, 4) is 17.2 Å². The lowest BCUT2D eigenvalue weighted by molar-refractivity contribution is -0.132. The van der Waals surface area contributed by atoms with Gasteiger partial charge >= 0.3 is 5.91 Å². The lowest BCUT2D eigenvalue weighted by atomic mass is 9.95. The van der Waals surface area contributed by atoms with E-state index in [1.807, 2.05) is 13.0 Å². The standard InChI is InChI=1S/C27H22N2O6S/c1-3-35-18-10-6-16(7-11-18)24(31)22-23(15-4-8-17(30)9-5-15)29(26(33)25(22)32)27-28-20-13-12-19(34-2)14-21(20)36-27/h4-14,23,30-31H,3H2,1-2H3. The molecule has 5 rings (SSSR count). The fraction of sp³-hybridized carbons (Fsp3) is 0.148. The van der Waals surface area contributed by atoms with Crippen LogP contribution in [0, 0.1) is 0 Å². The summed E-state index contributed by atoms with van der Waals surface area (Å²) in [6.07, 6.45) is 0. The quantitative estimate of drug-likeness (QED) is 0.216. The molecule has 36 heavy (non-hydrogen) atoms. The first-order valence-corrected chi connectivity index (χ1v) is 12.0. The first-order chi connectivity index (χ1) is 17.4. The van der Waals surface area contributed by atoms with Gasteiger partial charge in [0.1, 0.15) is 23.0 Å². The number of aromatic nitrogens is 1. The van der Waals surface area contributed by atoms with Crippen molar-refractivity contribution in [3.05, 3.63) is 83.4 Å². The maximum atomic E-state index is 13.3. The number of phenolic OH excluding ortho intramolecular Hbond substituents is 1. The van der Waals surface area contributed by atoms with Crippen molar-refractivity contribution in [2.45, 2.75) is 13.0 Å². The molecule has 4 aromatic rings. The number of benzene rings is 3. The molecule has 0 spiro atoms. The van der Waals surface area contributed by atoms with Crippen LogP contribution in [0.4, 0.5) is 5.13 Å². The fourth-order valence-corrected chi connectivity index (χ4v) is 5.18. The molecule has 1 saturated heterocycles. The highest BCUT2D eigenvalue weighted by atomic mass is 32.1. The van der Waals surface area contributed by atoms with Gasteiger partial charge in [-0.1, -0.05) is 23.5 Å². The van der Waals surface area contributed by atoms with Crippen LogP contribution in [0.5, 0.6) is 17.2 Å². The zero-order valence-electron chi connectivity index (χ0n) is 19.5. The van der Waals surface area contributed by atoms with Crippen LogP contribution in [0.1, 0.15) is 24.1 Å². The summed E-state index contributed by atoms with van der Waals surface area (Å²) in [6, 6.07) is 17.2. The van der Waals surface area contributed by atoms with Gasteiger partial charge < -0.3 is 19.7 Å². The second kappa shape index (κ2) is 9.35. The molecule has 3 aromatic carbocycles. The summed E-state index contributed by atoms with van der Waals surface area (Å²) in [5, 5.41) is 21.4. The number of aliphatic hydroxyl groups is 1. The predicted octanol–water partition coefficient (Wildman–Crippen LogP) is 5.04. The average Bonchev–Trinajstić information content (AvgIpc) is 3.42. The number of hydrogen-bond acceptors (Lipinski definition) is 8. The number of ether oxygens (including phenoxy) is 2. The highest BCUT2D eigenvalue weighted by Gasteiger charge is 2.48. The maximum Gasteiger partial charge on any atom is 0.301 e. The summed E-state index contributed by atoms with van der Waals surface area (Å²) in [5.74, 6) is -0.628. The third-order valence-electron chi connectivity index (χ3n) is 5.88. The van der Waals surface area contributed by atoms with E-state index in [1.54, 1.807) is 55.6 Å². The number of thiazole rings is 1. The highest BCUT2D eigenvalue weighted by Crippen LogP contribution is 2.45. The first-order valence-electron chi connectivity index (χ1n) is 11.2. The number of fused-ring (bicyclic) bond motifs is 1. The molecule has 1 amide bonds. The van der Waals surface area contributed by atoms with E-state index in [-0.39, 0.29) is 17.1 Å². The Bertz CT molecular complexity index is 1490.